The van der Waals surface area contributed by atoms with Gasteiger partial charge in [0.2, 0.25) is 0 Å². The minimum absolute atomic E-state index is 0.269. The number of nitrogens with one attached hydrogen (secondary N) is 2. The fraction of sp³-hybridized carbons (Fsp3) is 0.105. The van der Waals surface area contributed by atoms with Gasteiger partial charge in [-0.2, -0.15) is 0 Å². The van der Waals surface area contributed by atoms with Gasteiger partial charge >= 0.3 is 0 Å². The largest absolute Gasteiger partial charge is 0.397 e. The first kappa shape index (κ1) is 17.0. The molecule has 0 aliphatic rings. The van der Waals surface area contributed by atoms with Crippen LogP contribution in [0.2, 0.25) is 0 Å². The van der Waals surface area contributed by atoms with Gasteiger partial charge < -0.3 is 11.1 Å². The SMILES string of the molecule is Cc1cc(C)c2c(N)c(C(=O)Nc3cc(=O)n(-c4ccccc4)[nH]3)sc2n1. The molecule has 0 fully saturated rings. The molecule has 0 saturated carbocycles. The van der Waals surface area contributed by atoms with Crippen LogP contribution in [0.15, 0.2) is 47.3 Å². The van der Waals surface area contributed by atoms with Crippen LogP contribution < -0.4 is 16.6 Å². The van der Waals surface area contributed by atoms with E-state index in [4.69, 9.17) is 5.73 Å². The molecule has 8 heteroatoms. The van der Waals surface area contributed by atoms with Gasteiger partial charge in [-0.15, -0.1) is 11.3 Å². The normalized spacial score (nSPS) is 11.0. The van der Waals surface area contributed by atoms with Crippen molar-refractivity contribution in [2.24, 2.45) is 0 Å². The van der Waals surface area contributed by atoms with E-state index < -0.39 is 0 Å². The smallest absolute Gasteiger partial charge is 0.273 e. The Bertz CT molecular complexity index is 1220. The zero-order valence-electron chi connectivity index (χ0n) is 14.7. The molecule has 0 spiro atoms. The molecule has 1 amide bonds. The lowest BCUT2D eigenvalue weighted by Crippen LogP contribution is -2.13. The van der Waals surface area contributed by atoms with Crippen molar-refractivity contribution in [3.8, 4) is 5.69 Å². The number of H-pyrrole nitrogens is 1. The monoisotopic (exact) mass is 379 g/mol. The summed E-state index contributed by atoms with van der Waals surface area (Å²) in [6.07, 6.45) is 0. The third-order valence-electron chi connectivity index (χ3n) is 4.21. The van der Waals surface area contributed by atoms with Gasteiger partial charge in [-0.25, -0.2) is 9.67 Å². The summed E-state index contributed by atoms with van der Waals surface area (Å²) in [7, 11) is 0. The van der Waals surface area contributed by atoms with E-state index in [1.165, 1.54) is 22.1 Å². The Morgan fingerprint density at radius 3 is 2.70 bits per heavy atom. The van der Waals surface area contributed by atoms with Gasteiger partial charge in [0.05, 0.1) is 11.4 Å². The van der Waals surface area contributed by atoms with E-state index in [2.05, 4.69) is 15.4 Å². The molecular formula is C19H17N5O2S. The number of para-hydroxylation sites is 1. The van der Waals surface area contributed by atoms with Crippen molar-refractivity contribution in [1.29, 1.82) is 0 Å². The number of aromatic amines is 1. The highest BCUT2D eigenvalue weighted by molar-refractivity contribution is 7.21. The molecule has 136 valence electrons. The Kier molecular flexibility index (Phi) is 4.04. The molecule has 0 bridgehead atoms. The first-order valence-corrected chi connectivity index (χ1v) is 9.11. The fourth-order valence-electron chi connectivity index (χ4n) is 3.05. The van der Waals surface area contributed by atoms with Crippen molar-refractivity contribution in [2.75, 3.05) is 11.1 Å². The van der Waals surface area contributed by atoms with E-state index in [1.807, 2.05) is 38.1 Å². The van der Waals surface area contributed by atoms with Crippen molar-refractivity contribution in [1.82, 2.24) is 14.8 Å². The van der Waals surface area contributed by atoms with E-state index in [0.29, 0.717) is 22.1 Å². The average Bonchev–Trinajstić information content (AvgIpc) is 3.15. The van der Waals surface area contributed by atoms with Crippen LogP contribution in [0.1, 0.15) is 20.9 Å². The van der Waals surface area contributed by atoms with Crippen LogP contribution in [0.5, 0.6) is 0 Å². The molecule has 3 heterocycles. The van der Waals surface area contributed by atoms with Gasteiger partial charge in [0.1, 0.15) is 15.5 Å². The number of pyridine rings is 1. The number of amides is 1. The van der Waals surface area contributed by atoms with Crippen LogP contribution in [0.3, 0.4) is 0 Å². The lowest BCUT2D eigenvalue weighted by atomic mass is 10.1. The molecule has 0 aliphatic heterocycles. The lowest BCUT2D eigenvalue weighted by molar-refractivity contribution is 0.103. The summed E-state index contributed by atoms with van der Waals surface area (Å²) >= 11 is 1.24. The maximum absolute atomic E-state index is 12.7. The molecule has 0 radical (unpaired) electrons. The van der Waals surface area contributed by atoms with Gasteiger partial charge in [0, 0.05) is 17.1 Å². The van der Waals surface area contributed by atoms with Crippen molar-refractivity contribution in [2.45, 2.75) is 13.8 Å². The number of nitrogen functional groups attached to an aromatic ring is 1. The Labute approximate surface area is 158 Å². The van der Waals surface area contributed by atoms with Crippen molar-refractivity contribution >= 4 is 39.0 Å². The first-order chi connectivity index (χ1) is 12.9. The highest BCUT2D eigenvalue weighted by Crippen LogP contribution is 2.35. The zero-order valence-corrected chi connectivity index (χ0v) is 15.6. The van der Waals surface area contributed by atoms with Gasteiger partial charge in [-0.05, 0) is 37.6 Å². The minimum Gasteiger partial charge on any atom is -0.397 e. The molecular weight excluding hydrogens is 362 g/mol. The molecule has 0 atom stereocenters. The topological polar surface area (TPSA) is 106 Å². The Hall–Kier alpha value is -3.39. The number of thiophene rings is 1. The second-order valence-corrected chi connectivity index (χ2v) is 7.24. The number of anilines is 2. The maximum Gasteiger partial charge on any atom is 0.273 e. The maximum atomic E-state index is 12.7. The van der Waals surface area contributed by atoms with Crippen LogP contribution in [-0.2, 0) is 0 Å². The van der Waals surface area contributed by atoms with Crippen molar-refractivity contribution < 1.29 is 4.79 Å². The van der Waals surface area contributed by atoms with E-state index >= 15 is 0 Å². The molecule has 0 aliphatic carbocycles. The number of fused-ring (bicyclic) bond motifs is 1. The summed E-state index contributed by atoms with van der Waals surface area (Å²) in [6.45, 7) is 3.85. The summed E-state index contributed by atoms with van der Waals surface area (Å²) in [5, 5.41) is 6.40. The predicted octanol–water partition coefficient (Wildman–Crippen LogP) is 3.23. The number of rotatable bonds is 3. The number of hydrogen-bond acceptors (Lipinski definition) is 5. The van der Waals surface area contributed by atoms with E-state index in [0.717, 1.165) is 21.5 Å². The molecule has 27 heavy (non-hydrogen) atoms. The highest BCUT2D eigenvalue weighted by Gasteiger charge is 2.20. The average molecular weight is 379 g/mol. The third kappa shape index (κ3) is 3.00. The number of hydrogen-bond donors (Lipinski definition) is 3. The molecule has 1 aromatic carbocycles. The molecule has 7 nitrogen and oxygen atoms in total. The van der Waals surface area contributed by atoms with Crippen LogP contribution >= 0.6 is 11.3 Å². The minimum atomic E-state index is -0.381. The molecule has 4 aromatic rings. The number of benzene rings is 1. The van der Waals surface area contributed by atoms with Crippen molar-refractivity contribution in [3.05, 3.63) is 69.0 Å². The first-order valence-electron chi connectivity index (χ1n) is 8.29. The van der Waals surface area contributed by atoms with Crippen LogP contribution in [0.25, 0.3) is 15.9 Å². The standard InChI is InChI=1S/C19H17N5O2S/c1-10-8-11(2)21-19-15(10)16(20)17(27-19)18(26)22-13-9-14(25)24(23-13)12-6-4-3-5-7-12/h3-9,23H,20H2,1-2H3,(H,22,26). The van der Waals surface area contributed by atoms with Crippen molar-refractivity contribution in [3.63, 3.8) is 0 Å². The summed E-state index contributed by atoms with van der Waals surface area (Å²) in [5.41, 5.74) is 8.87. The van der Waals surface area contributed by atoms with Crippen LogP contribution in [0.4, 0.5) is 11.5 Å². The number of carbonyl (C=O) groups is 1. The summed E-state index contributed by atoms with van der Waals surface area (Å²) in [5.74, 6) is -0.0828. The number of aryl methyl sites for hydroxylation is 2. The molecule has 4 rings (SSSR count). The summed E-state index contributed by atoms with van der Waals surface area (Å²) in [4.78, 5) is 30.5. The fourth-order valence-corrected chi connectivity index (χ4v) is 4.16. The molecule has 0 unspecified atom stereocenters. The third-order valence-corrected chi connectivity index (χ3v) is 5.31. The van der Waals surface area contributed by atoms with Crippen LogP contribution in [0, 0.1) is 13.8 Å². The molecule has 0 saturated heterocycles. The summed E-state index contributed by atoms with van der Waals surface area (Å²) in [6, 6.07) is 12.4. The Morgan fingerprint density at radius 1 is 1.22 bits per heavy atom. The number of nitrogens with zero attached hydrogens (tertiary/aromatic N) is 2. The Balaban J connectivity index is 1.68. The lowest BCUT2D eigenvalue weighted by Gasteiger charge is -2.03. The molecule has 3 aromatic heterocycles. The number of carbonyl (C=O) groups excluding carboxylic acids is 1. The van der Waals surface area contributed by atoms with Gasteiger partial charge in [-0.3, -0.25) is 14.7 Å². The van der Waals surface area contributed by atoms with E-state index in [-0.39, 0.29) is 11.5 Å². The predicted molar refractivity (Wildman–Crippen MR) is 108 cm³/mol. The highest BCUT2D eigenvalue weighted by atomic mass is 32.1. The summed E-state index contributed by atoms with van der Waals surface area (Å²) < 4.78 is 1.36. The van der Waals surface area contributed by atoms with Gasteiger partial charge in [-0.1, -0.05) is 18.2 Å². The zero-order chi connectivity index (χ0) is 19.1. The van der Waals surface area contributed by atoms with E-state index in [9.17, 15) is 9.59 Å². The van der Waals surface area contributed by atoms with Crippen LogP contribution in [-0.4, -0.2) is 20.7 Å². The quantitative estimate of drug-likeness (QED) is 0.508. The molecule has 4 N–H and O–H groups in total. The number of aromatic nitrogens is 3. The second-order valence-electron chi connectivity index (χ2n) is 6.24. The van der Waals surface area contributed by atoms with E-state index in [1.54, 1.807) is 12.1 Å². The number of nitrogens with two attached hydrogens (primary N) is 1. The van der Waals surface area contributed by atoms with Gasteiger partial charge in [0.15, 0.2) is 0 Å². The Morgan fingerprint density at radius 2 is 1.96 bits per heavy atom. The van der Waals surface area contributed by atoms with Gasteiger partial charge in [0.25, 0.3) is 11.5 Å². The second kappa shape index (κ2) is 6.40.